The van der Waals surface area contributed by atoms with Crippen LogP contribution in [0, 0.1) is 34.5 Å². The van der Waals surface area contributed by atoms with Crippen LogP contribution in [0.15, 0.2) is 24.0 Å². The third kappa shape index (κ3) is 2.28. The molecule has 154 valence electrons. The number of rotatable bonds is 0. The highest BCUT2D eigenvalue weighted by Gasteiger charge is 2.68. The molecule has 1 saturated heterocycles. The fraction of sp³-hybridized carbons (Fsp3) is 0.792. The first-order chi connectivity index (χ1) is 13.1. The highest BCUT2D eigenvalue weighted by atomic mass is 16.8. The van der Waals surface area contributed by atoms with Crippen molar-refractivity contribution in [2.45, 2.75) is 84.2 Å². The molecule has 1 N–H and O–H groups in total. The summed E-state index contributed by atoms with van der Waals surface area (Å²) in [5.74, 6) is 1.12. The highest BCUT2D eigenvalue weighted by molar-refractivity contribution is 5.96. The fourth-order valence-corrected chi connectivity index (χ4v) is 7.98. The van der Waals surface area contributed by atoms with Gasteiger partial charge in [-0.3, -0.25) is 4.79 Å². The Morgan fingerprint density at radius 2 is 1.79 bits per heavy atom. The van der Waals surface area contributed by atoms with Crippen LogP contribution in [-0.2, 0) is 14.3 Å². The molecule has 2 unspecified atom stereocenters. The number of hydrogen-bond donors (Lipinski definition) is 1. The molecule has 0 amide bonds. The van der Waals surface area contributed by atoms with Gasteiger partial charge in [0.05, 0.1) is 18.5 Å². The molecule has 0 aromatic heterocycles. The maximum Gasteiger partial charge on any atom is 0.163 e. The summed E-state index contributed by atoms with van der Waals surface area (Å²) in [6.07, 6.45) is 6.82. The van der Waals surface area contributed by atoms with Gasteiger partial charge in [0.2, 0.25) is 0 Å². The van der Waals surface area contributed by atoms with Crippen LogP contribution in [0.2, 0.25) is 0 Å². The molecule has 5 aliphatic rings. The van der Waals surface area contributed by atoms with Crippen molar-refractivity contribution in [1.82, 2.24) is 0 Å². The first kappa shape index (κ1) is 18.9. The summed E-state index contributed by atoms with van der Waals surface area (Å²) in [7, 11) is 0. The van der Waals surface area contributed by atoms with Crippen molar-refractivity contribution in [3.63, 3.8) is 0 Å². The Kier molecular flexibility index (Phi) is 3.86. The number of carbonyl (C=O) groups is 1. The molecule has 1 aliphatic heterocycles. The first-order valence-electron chi connectivity index (χ1n) is 11.0. The van der Waals surface area contributed by atoms with E-state index >= 15 is 0 Å². The Morgan fingerprint density at radius 3 is 2.50 bits per heavy atom. The summed E-state index contributed by atoms with van der Waals surface area (Å²) in [5.41, 5.74) is 2.17. The smallest absolute Gasteiger partial charge is 0.163 e. The molecule has 4 aliphatic carbocycles. The van der Waals surface area contributed by atoms with E-state index in [9.17, 15) is 9.90 Å². The standard InChI is InChI=1S/C24H34O4/c1-13-6-7-15-19-16(8-9-23(13,15)4)24(5)11-14(12-25)18(26)10-17(24)20-21(19)28-22(2,3)27-20/h12,15-17,19-21,25H,1,6-11H2,2-5H3/b14-12-/t15-,16-,17+,19?,20+,21?,23+,24+/m0/s1. The van der Waals surface area contributed by atoms with Crippen molar-refractivity contribution in [2.75, 3.05) is 0 Å². The van der Waals surface area contributed by atoms with Crippen LogP contribution < -0.4 is 0 Å². The van der Waals surface area contributed by atoms with Gasteiger partial charge >= 0.3 is 0 Å². The van der Waals surface area contributed by atoms with E-state index in [0.29, 0.717) is 36.2 Å². The lowest BCUT2D eigenvalue weighted by Crippen LogP contribution is -2.63. The predicted molar refractivity (Wildman–Crippen MR) is 107 cm³/mol. The third-order valence-electron chi connectivity index (χ3n) is 9.41. The van der Waals surface area contributed by atoms with Crippen LogP contribution in [0.4, 0.5) is 0 Å². The molecule has 5 rings (SSSR count). The molecule has 28 heavy (non-hydrogen) atoms. The zero-order valence-electron chi connectivity index (χ0n) is 17.7. The second-order valence-electron chi connectivity index (χ2n) is 11.0. The van der Waals surface area contributed by atoms with Crippen molar-refractivity contribution in [1.29, 1.82) is 0 Å². The van der Waals surface area contributed by atoms with Gasteiger partial charge in [-0.1, -0.05) is 26.0 Å². The molecule has 4 nitrogen and oxygen atoms in total. The van der Waals surface area contributed by atoms with Gasteiger partial charge in [-0.2, -0.15) is 0 Å². The van der Waals surface area contributed by atoms with E-state index < -0.39 is 5.79 Å². The lowest BCUT2D eigenvalue weighted by Gasteiger charge is -2.62. The van der Waals surface area contributed by atoms with Gasteiger partial charge in [0.15, 0.2) is 11.6 Å². The number of hydrogen-bond acceptors (Lipinski definition) is 4. The van der Waals surface area contributed by atoms with Gasteiger partial charge < -0.3 is 14.6 Å². The van der Waals surface area contributed by atoms with Crippen molar-refractivity contribution >= 4 is 5.78 Å². The maximum atomic E-state index is 12.7. The molecular weight excluding hydrogens is 352 g/mol. The van der Waals surface area contributed by atoms with E-state index in [2.05, 4.69) is 20.4 Å². The van der Waals surface area contributed by atoms with E-state index in [1.807, 2.05) is 13.8 Å². The Bertz CT molecular complexity index is 767. The molecule has 0 radical (unpaired) electrons. The van der Waals surface area contributed by atoms with Crippen LogP contribution >= 0.6 is 0 Å². The van der Waals surface area contributed by atoms with Crippen molar-refractivity contribution in [2.24, 2.45) is 34.5 Å². The second kappa shape index (κ2) is 5.72. The Balaban J connectivity index is 1.62. The number of ether oxygens (including phenoxy) is 2. The summed E-state index contributed by atoms with van der Waals surface area (Å²) in [6.45, 7) is 13.2. The van der Waals surface area contributed by atoms with Gasteiger partial charge in [0.1, 0.15) is 0 Å². The zero-order valence-corrected chi connectivity index (χ0v) is 17.7. The van der Waals surface area contributed by atoms with Gasteiger partial charge in [-0.05, 0) is 74.5 Å². The summed E-state index contributed by atoms with van der Waals surface area (Å²) in [5, 5.41) is 9.71. The molecule has 4 saturated carbocycles. The molecule has 0 aromatic rings. The van der Waals surface area contributed by atoms with Gasteiger partial charge in [-0.15, -0.1) is 0 Å². The number of allylic oxidation sites excluding steroid dienone is 2. The number of Topliss-reactive ketones (excluding diaryl/α,β-unsaturated/α-hetero) is 1. The van der Waals surface area contributed by atoms with Crippen molar-refractivity contribution in [3.8, 4) is 0 Å². The third-order valence-corrected chi connectivity index (χ3v) is 9.41. The van der Waals surface area contributed by atoms with Crippen LogP contribution in [-0.4, -0.2) is 28.9 Å². The van der Waals surface area contributed by atoms with Gasteiger partial charge in [-0.25, -0.2) is 0 Å². The average molecular weight is 387 g/mol. The lowest BCUT2D eigenvalue weighted by atomic mass is 9.43. The van der Waals surface area contributed by atoms with Crippen LogP contribution in [0.25, 0.3) is 0 Å². The maximum absolute atomic E-state index is 12.7. The normalized spacial score (nSPS) is 53.5. The highest BCUT2D eigenvalue weighted by Crippen LogP contribution is 2.69. The number of carbonyl (C=O) groups excluding carboxylic acids is 1. The predicted octanol–water partition coefficient (Wildman–Crippen LogP) is 4.95. The monoisotopic (exact) mass is 386 g/mol. The molecular formula is C24H34O4. The van der Waals surface area contributed by atoms with Crippen molar-refractivity contribution < 1.29 is 19.4 Å². The Morgan fingerprint density at radius 1 is 1.07 bits per heavy atom. The first-order valence-corrected chi connectivity index (χ1v) is 11.0. The summed E-state index contributed by atoms with van der Waals surface area (Å²) in [4.78, 5) is 12.7. The van der Waals surface area contributed by atoms with E-state index in [1.54, 1.807) is 0 Å². The molecule has 8 atom stereocenters. The average Bonchev–Trinajstić information content (AvgIpc) is 3.11. The quantitative estimate of drug-likeness (QED) is 0.364. The van der Waals surface area contributed by atoms with Gasteiger partial charge in [0, 0.05) is 17.9 Å². The zero-order chi connectivity index (χ0) is 20.1. The van der Waals surface area contributed by atoms with Crippen LogP contribution in [0.1, 0.15) is 66.2 Å². The minimum absolute atomic E-state index is 0.0384. The summed E-state index contributed by atoms with van der Waals surface area (Å²) >= 11 is 0. The molecule has 0 aromatic carbocycles. The largest absolute Gasteiger partial charge is 0.515 e. The Hall–Kier alpha value is -1.13. The van der Waals surface area contributed by atoms with Crippen molar-refractivity contribution in [3.05, 3.63) is 24.0 Å². The van der Waals surface area contributed by atoms with E-state index in [1.165, 1.54) is 18.4 Å². The van der Waals surface area contributed by atoms with Crippen LogP contribution in [0.5, 0.6) is 0 Å². The molecule has 0 spiro atoms. The summed E-state index contributed by atoms with van der Waals surface area (Å²) < 4.78 is 13.0. The number of ketones is 1. The lowest BCUT2D eigenvalue weighted by molar-refractivity contribution is -0.169. The van der Waals surface area contributed by atoms with E-state index in [4.69, 9.17) is 9.47 Å². The second-order valence-corrected chi connectivity index (χ2v) is 11.0. The SMILES string of the molecule is C=C1CC[C@H]2C3C4OC(C)(C)O[C@@H]4[C@H]4CC(=O)/C(=C\O)C[C@]4(C)[C@H]3CC[C@]12C. The molecule has 4 heteroatoms. The Labute approximate surface area is 168 Å². The molecule has 1 heterocycles. The van der Waals surface area contributed by atoms with E-state index in [0.717, 1.165) is 19.1 Å². The fourth-order valence-electron chi connectivity index (χ4n) is 7.98. The summed E-state index contributed by atoms with van der Waals surface area (Å²) in [6, 6.07) is 0. The number of aliphatic hydroxyl groups excluding tert-OH is 1. The molecule has 0 bridgehead atoms. The topological polar surface area (TPSA) is 55.8 Å². The molecule has 5 fully saturated rings. The minimum atomic E-state index is -0.606. The number of fused-ring (bicyclic) bond motifs is 8. The number of aliphatic hydroxyl groups is 1. The van der Waals surface area contributed by atoms with Gasteiger partial charge in [0.25, 0.3) is 0 Å². The van der Waals surface area contributed by atoms with Crippen LogP contribution in [0.3, 0.4) is 0 Å². The van der Waals surface area contributed by atoms with E-state index in [-0.39, 0.29) is 34.7 Å². The minimum Gasteiger partial charge on any atom is -0.515 e.